The molecule has 10 nitrogen and oxygen atoms in total. The number of hydrogen-bond donors (Lipinski definition) is 3. The van der Waals surface area contributed by atoms with E-state index in [4.69, 9.17) is 14.6 Å². The third-order valence-electron chi connectivity index (χ3n) is 7.28. The van der Waals surface area contributed by atoms with Gasteiger partial charge in [0.2, 0.25) is 0 Å². The van der Waals surface area contributed by atoms with Crippen molar-refractivity contribution >= 4 is 39.0 Å². The van der Waals surface area contributed by atoms with E-state index in [0.29, 0.717) is 49.3 Å². The fourth-order valence-electron chi connectivity index (χ4n) is 5.11. The lowest BCUT2D eigenvalue weighted by molar-refractivity contribution is -0.255. The van der Waals surface area contributed by atoms with Crippen molar-refractivity contribution in [2.75, 3.05) is 39.4 Å². The minimum Gasteiger partial charge on any atom is -0.379 e. The molecule has 39 heavy (non-hydrogen) atoms. The van der Waals surface area contributed by atoms with Crippen molar-refractivity contribution < 1.29 is 32.3 Å². The van der Waals surface area contributed by atoms with Crippen LogP contribution in [0.25, 0.3) is 15.8 Å². The molecule has 3 aliphatic heterocycles. The van der Waals surface area contributed by atoms with Crippen molar-refractivity contribution in [3.63, 3.8) is 0 Å². The highest BCUT2D eigenvalue weighted by Gasteiger charge is 2.48. The van der Waals surface area contributed by atoms with Crippen LogP contribution in [0.15, 0.2) is 24.0 Å². The van der Waals surface area contributed by atoms with Crippen molar-refractivity contribution in [2.45, 2.75) is 50.1 Å². The lowest BCUT2D eigenvalue weighted by atomic mass is 10.1. The van der Waals surface area contributed by atoms with Gasteiger partial charge in [-0.05, 0) is 55.8 Å². The highest BCUT2D eigenvalue weighted by Crippen LogP contribution is 2.42. The zero-order valence-electron chi connectivity index (χ0n) is 21.1. The number of alkyl halides is 3. The van der Waals surface area contributed by atoms with Crippen LogP contribution < -0.4 is 16.0 Å². The summed E-state index contributed by atoms with van der Waals surface area (Å²) in [6, 6.07) is 5.81. The quantitative estimate of drug-likeness (QED) is 0.485. The van der Waals surface area contributed by atoms with Gasteiger partial charge in [-0.25, -0.2) is 9.78 Å². The zero-order valence-corrected chi connectivity index (χ0v) is 21.9. The lowest BCUT2D eigenvalue weighted by Crippen LogP contribution is -2.65. The van der Waals surface area contributed by atoms with Gasteiger partial charge in [-0.1, -0.05) is 6.07 Å². The number of ether oxygens (including phenoxy) is 1. The Morgan fingerprint density at radius 2 is 2.00 bits per heavy atom. The highest BCUT2D eigenvalue weighted by molar-refractivity contribution is 7.19. The van der Waals surface area contributed by atoms with E-state index < -0.39 is 24.3 Å². The Labute approximate surface area is 226 Å². The predicted octanol–water partition coefficient (Wildman–Crippen LogP) is 2.25. The molecular weight excluding hydrogens is 537 g/mol. The maximum absolute atomic E-state index is 13.7. The summed E-state index contributed by atoms with van der Waals surface area (Å²) in [6.45, 7) is 2.63. The van der Waals surface area contributed by atoms with Gasteiger partial charge < -0.3 is 25.5 Å². The van der Waals surface area contributed by atoms with E-state index in [9.17, 15) is 22.8 Å². The number of aromatic nitrogens is 1. The molecule has 3 N–H and O–H groups in total. The number of piperidine rings is 1. The topological polar surface area (TPSA) is 108 Å². The lowest BCUT2D eigenvalue weighted by Gasteiger charge is -2.45. The Hall–Kier alpha value is -2.94. The summed E-state index contributed by atoms with van der Waals surface area (Å²) >= 11 is 1.27. The van der Waals surface area contributed by atoms with Gasteiger partial charge in [-0.3, -0.25) is 9.69 Å². The monoisotopic (exact) mass is 566 g/mol. The average molecular weight is 567 g/mol. The van der Waals surface area contributed by atoms with Crippen molar-refractivity contribution in [1.82, 2.24) is 30.9 Å². The summed E-state index contributed by atoms with van der Waals surface area (Å²) < 4.78 is 46.5. The smallest absolute Gasteiger partial charge is 0.379 e. The molecule has 3 fully saturated rings. The number of amides is 1. The van der Waals surface area contributed by atoms with Crippen LogP contribution in [-0.4, -0.2) is 84.7 Å². The number of rotatable bonds is 6. The molecule has 1 aromatic heterocycles. The Bertz CT molecular complexity index is 1280. The summed E-state index contributed by atoms with van der Waals surface area (Å²) in [5, 5.41) is 10.4. The predicted molar refractivity (Wildman–Crippen MR) is 136 cm³/mol. The minimum absolute atomic E-state index is 0.0111. The number of nitrogens with one attached hydrogen (secondary N) is 3. The largest absolute Gasteiger partial charge is 0.493 e. The van der Waals surface area contributed by atoms with Crippen molar-refractivity contribution in [3.8, 4) is 0 Å². The number of benzene rings is 1. The summed E-state index contributed by atoms with van der Waals surface area (Å²) in [4.78, 5) is 37.3. The van der Waals surface area contributed by atoms with Crippen LogP contribution in [0.3, 0.4) is 0 Å². The van der Waals surface area contributed by atoms with Gasteiger partial charge in [0.1, 0.15) is 10.6 Å². The van der Waals surface area contributed by atoms with Crippen LogP contribution in [-0.2, 0) is 19.2 Å². The molecule has 1 aliphatic carbocycles. The maximum atomic E-state index is 13.7. The molecule has 2 aromatic rings. The molecule has 210 valence electrons. The van der Waals surface area contributed by atoms with Crippen LogP contribution in [0.5, 0.6) is 0 Å². The molecule has 1 saturated carbocycles. The maximum Gasteiger partial charge on any atom is 0.493 e. The third kappa shape index (κ3) is 5.55. The Morgan fingerprint density at radius 1 is 1.21 bits per heavy atom. The number of hydroxylamine groups is 2. The summed E-state index contributed by atoms with van der Waals surface area (Å²) in [5.41, 5.74) is 1.93. The first-order valence-electron chi connectivity index (χ1n) is 13.1. The van der Waals surface area contributed by atoms with Crippen LogP contribution in [0.1, 0.15) is 42.2 Å². The molecule has 0 spiro atoms. The first-order valence-corrected chi connectivity index (χ1v) is 13.9. The van der Waals surface area contributed by atoms with Crippen LogP contribution >= 0.6 is 11.3 Å². The Kier molecular flexibility index (Phi) is 7.12. The minimum atomic E-state index is -5.23. The van der Waals surface area contributed by atoms with E-state index in [0.717, 1.165) is 42.0 Å². The summed E-state index contributed by atoms with van der Waals surface area (Å²) in [7, 11) is 0. The van der Waals surface area contributed by atoms with E-state index in [1.54, 1.807) is 4.90 Å². The number of nitrogens with zero attached hydrogens (tertiary/aromatic N) is 3. The van der Waals surface area contributed by atoms with E-state index >= 15 is 0 Å². The molecule has 1 amide bonds. The Balaban J connectivity index is 1.45. The standard InChI is InChI=1S/C25H29F3N6O4S/c26-25(27,28)23(36)38-34-20(30-16-2-1-7-29-13-16)19(21(35)32-24(34)33-8-10-37-11-9-33)22-31-17-12-15(14-3-4-14)5-6-18(17)39-22/h5-6,12,14,16,24,29-30H,1-4,7-11,13H2,(H,32,35)/t16-,24?/m1/s1. The van der Waals surface area contributed by atoms with Crippen LogP contribution in [0, 0.1) is 0 Å². The van der Waals surface area contributed by atoms with Gasteiger partial charge in [-0.2, -0.15) is 18.2 Å². The number of hydrogen-bond acceptors (Lipinski definition) is 10. The van der Waals surface area contributed by atoms with Gasteiger partial charge in [0, 0.05) is 25.7 Å². The van der Waals surface area contributed by atoms with E-state index in [2.05, 4.69) is 22.0 Å². The number of fused-ring (bicyclic) bond motifs is 1. The fourth-order valence-corrected chi connectivity index (χ4v) is 6.10. The highest BCUT2D eigenvalue weighted by atomic mass is 32.1. The molecule has 0 bridgehead atoms. The third-order valence-corrected chi connectivity index (χ3v) is 8.34. The second-order valence-corrected chi connectivity index (χ2v) is 11.2. The van der Waals surface area contributed by atoms with Gasteiger partial charge in [0.25, 0.3) is 5.91 Å². The molecule has 2 atom stereocenters. The average Bonchev–Trinajstić information content (AvgIpc) is 3.69. The number of carbonyl (C=O) groups is 2. The number of thiazole rings is 1. The molecule has 4 aliphatic rings. The molecule has 6 rings (SSSR count). The van der Waals surface area contributed by atoms with Gasteiger partial charge in [-0.15, -0.1) is 11.3 Å². The molecular formula is C25H29F3N6O4S. The first-order chi connectivity index (χ1) is 18.8. The molecule has 1 unspecified atom stereocenters. The van der Waals surface area contributed by atoms with Gasteiger partial charge >= 0.3 is 12.1 Å². The SMILES string of the molecule is O=C1NC(N2CCOCC2)N(OC(=O)C(F)(F)F)C(N[C@@H]2CCCNC2)=C1c1nc2cc(C3CC3)ccc2s1. The molecule has 1 aromatic carbocycles. The fraction of sp³-hybridized carbons (Fsp3) is 0.560. The van der Waals surface area contributed by atoms with Crippen LogP contribution in [0.2, 0.25) is 0 Å². The van der Waals surface area contributed by atoms with Crippen LogP contribution in [0.4, 0.5) is 13.2 Å². The van der Waals surface area contributed by atoms with Gasteiger partial charge in [0.15, 0.2) is 12.1 Å². The van der Waals surface area contributed by atoms with Crippen molar-refractivity contribution in [3.05, 3.63) is 34.6 Å². The molecule has 2 saturated heterocycles. The number of carbonyl (C=O) groups excluding carboxylic acids is 2. The molecule has 14 heteroatoms. The molecule has 4 heterocycles. The van der Waals surface area contributed by atoms with Crippen molar-refractivity contribution in [1.29, 1.82) is 0 Å². The molecule has 0 radical (unpaired) electrons. The summed E-state index contributed by atoms with van der Waals surface area (Å²) in [5.74, 6) is -2.39. The van der Waals surface area contributed by atoms with Gasteiger partial charge in [0.05, 0.1) is 23.4 Å². The number of halogens is 3. The summed E-state index contributed by atoms with van der Waals surface area (Å²) in [6.07, 6.45) is -2.58. The van der Waals surface area contributed by atoms with Crippen molar-refractivity contribution in [2.24, 2.45) is 0 Å². The Morgan fingerprint density at radius 3 is 2.69 bits per heavy atom. The second-order valence-electron chi connectivity index (χ2n) is 10.1. The normalized spacial score (nSPS) is 25.1. The van der Waals surface area contributed by atoms with E-state index in [1.807, 2.05) is 12.1 Å². The van der Waals surface area contributed by atoms with E-state index in [-0.39, 0.29) is 17.4 Å². The first kappa shape index (κ1) is 26.3. The number of morpholine rings is 1. The zero-order chi connectivity index (χ0) is 27.1. The second kappa shape index (κ2) is 10.6. The van der Waals surface area contributed by atoms with E-state index in [1.165, 1.54) is 16.9 Å².